The van der Waals surface area contributed by atoms with Gasteiger partial charge >= 0.3 is 6.18 Å². The Morgan fingerprint density at radius 1 is 1.23 bits per heavy atom. The fraction of sp³-hybridized carbons (Fsp3) is 0.125. The first-order valence-corrected chi connectivity index (χ1v) is 9.95. The molecule has 4 nitrogen and oxygen atoms in total. The van der Waals surface area contributed by atoms with E-state index in [9.17, 15) is 17.4 Å². The zero-order valence-electron chi connectivity index (χ0n) is 13.2. The second kappa shape index (κ2) is 7.34. The van der Waals surface area contributed by atoms with Gasteiger partial charge in [0.2, 0.25) is 0 Å². The van der Waals surface area contributed by atoms with Crippen LogP contribution in [-0.2, 0) is 17.0 Å². The highest BCUT2D eigenvalue weighted by atomic mass is 35.5. The number of hydrogen-bond donors (Lipinski definition) is 1. The van der Waals surface area contributed by atoms with Gasteiger partial charge in [-0.05, 0) is 30.3 Å². The Balaban J connectivity index is 1.89. The maximum absolute atomic E-state index is 13.2. The first-order valence-electron chi connectivity index (χ1n) is 7.13. The van der Waals surface area contributed by atoms with E-state index >= 15 is 0 Å². The SMILES string of the molecule is CS(=O)c1ccc(Nc2nc(-c3ccnc(Cl)c3)cs2)cc1C(F)(F)F. The summed E-state index contributed by atoms with van der Waals surface area (Å²) in [6.07, 6.45) is -1.84. The molecule has 0 aliphatic heterocycles. The highest BCUT2D eigenvalue weighted by molar-refractivity contribution is 7.84. The number of anilines is 2. The minimum absolute atomic E-state index is 0.209. The largest absolute Gasteiger partial charge is 0.417 e. The van der Waals surface area contributed by atoms with Crippen molar-refractivity contribution in [1.29, 1.82) is 0 Å². The third-order valence-electron chi connectivity index (χ3n) is 3.37. The topological polar surface area (TPSA) is 54.9 Å². The lowest BCUT2D eigenvalue weighted by atomic mass is 10.2. The van der Waals surface area contributed by atoms with Crippen molar-refractivity contribution in [3.05, 3.63) is 52.6 Å². The van der Waals surface area contributed by atoms with Crippen molar-refractivity contribution in [3.63, 3.8) is 0 Å². The maximum Gasteiger partial charge on any atom is 0.417 e. The number of nitrogens with one attached hydrogen (secondary N) is 1. The standard InChI is InChI=1S/C16H11ClF3N3OS2/c1-26(24)13-3-2-10(7-11(13)16(18,19)20)22-15-23-12(8-25-15)9-4-5-21-14(17)6-9/h2-8H,1H3,(H,22,23). The lowest BCUT2D eigenvalue weighted by molar-refractivity contribution is -0.139. The van der Waals surface area contributed by atoms with E-state index in [1.807, 2.05) is 0 Å². The van der Waals surface area contributed by atoms with Crippen LogP contribution in [0.15, 0.2) is 46.8 Å². The van der Waals surface area contributed by atoms with E-state index in [1.54, 1.807) is 23.7 Å². The highest BCUT2D eigenvalue weighted by Crippen LogP contribution is 2.36. The molecule has 0 amide bonds. The van der Waals surface area contributed by atoms with Crippen LogP contribution >= 0.6 is 22.9 Å². The number of thiazole rings is 1. The number of nitrogens with zero attached hydrogens (tertiary/aromatic N) is 2. The van der Waals surface area contributed by atoms with Gasteiger partial charge in [-0.3, -0.25) is 4.21 Å². The minimum atomic E-state index is -4.60. The van der Waals surface area contributed by atoms with Crippen molar-refractivity contribution in [2.75, 3.05) is 11.6 Å². The molecule has 136 valence electrons. The van der Waals surface area contributed by atoms with Crippen molar-refractivity contribution in [3.8, 4) is 11.3 Å². The van der Waals surface area contributed by atoms with Crippen LogP contribution in [0.3, 0.4) is 0 Å². The summed E-state index contributed by atoms with van der Waals surface area (Å²) >= 11 is 7.09. The third-order valence-corrected chi connectivity index (χ3v) is 5.31. The Bertz CT molecular complexity index is 975. The number of alkyl halides is 3. The van der Waals surface area contributed by atoms with E-state index in [1.165, 1.54) is 29.7 Å². The Morgan fingerprint density at radius 3 is 2.65 bits per heavy atom. The van der Waals surface area contributed by atoms with Gasteiger partial charge in [-0.15, -0.1) is 11.3 Å². The summed E-state index contributed by atoms with van der Waals surface area (Å²) in [5.74, 6) is 0. The number of benzene rings is 1. The van der Waals surface area contributed by atoms with Gasteiger partial charge < -0.3 is 5.32 Å². The Kier molecular flexibility index (Phi) is 5.31. The molecule has 1 unspecified atom stereocenters. The number of pyridine rings is 1. The molecule has 2 aromatic heterocycles. The van der Waals surface area contributed by atoms with Gasteiger partial charge in [0.1, 0.15) is 5.15 Å². The Hall–Kier alpha value is -1.97. The molecule has 0 saturated carbocycles. The molecule has 2 heterocycles. The van der Waals surface area contributed by atoms with Gasteiger partial charge in [-0.25, -0.2) is 9.97 Å². The van der Waals surface area contributed by atoms with Crippen LogP contribution in [0, 0.1) is 0 Å². The monoisotopic (exact) mass is 417 g/mol. The van der Waals surface area contributed by atoms with E-state index < -0.39 is 22.5 Å². The van der Waals surface area contributed by atoms with Gasteiger partial charge in [-0.2, -0.15) is 13.2 Å². The number of hydrogen-bond acceptors (Lipinski definition) is 5. The molecule has 0 spiro atoms. The number of aromatic nitrogens is 2. The van der Waals surface area contributed by atoms with Crippen LogP contribution < -0.4 is 5.32 Å². The van der Waals surface area contributed by atoms with E-state index in [-0.39, 0.29) is 10.6 Å². The summed E-state index contributed by atoms with van der Waals surface area (Å²) in [4.78, 5) is 7.98. The molecule has 3 rings (SSSR count). The van der Waals surface area contributed by atoms with Crippen molar-refractivity contribution < 1.29 is 17.4 Å². The van der Waals surface area contributed by atoms with Crippen LogP contribution in [0.5, 0.6) is 0 Å². The zero-order valence-corrected chi connectivity index (χ0v) is 15.6. The summed E-state index contributed by atoms with van der Waals surface area (Å²) < 4.78 is 51.1. The second-order valence-corrected chi connectivity index (χ2v) is 7.79. The van der Waals surface area contributed by atoms with Crippen molar-refractivity contribution >= 4 is 44.6 Å². The molecular weight excluding hydrogens is 407 g/mol. The zero-order chi connectivity index (χ0) is 18.9. The molecule has 1 aromatic carbocycles. The fourth-order valence-corrected chi connectivity index (χ4v) is 3.89. The van der Waals surface area contributed by atoms with Crippen LogP contribution in [0.25, 0.3) is 11.3 Å². The van der Waals surface area contributed by atoms with Crippen LogP contribution in [0.1, 0.15) is 5.56 Å². The van der Waals surface area contributed by atoms with Gasteiger partial charge in [0.25, 0.3) is 0 Å². The molecule has 0 fully saturated rings. The maximum atomic E-state index is 13.2. The predicted molar refractivity (Wildman–Crippen MR) is 97.4 cm³/mol. The van der Waals surface area contributed by atoms with Gasteiger partial charge in [0.05, 0.1) is 27.0 Å². The third kappa shape index (κ3) is 4.22. The second-order valence-electron chi connectivity index (χ2n) is 5.19. The van der Waals surface area contributed by atoms with Crippen molar-refractivity contribution in [2.24, 2.45) is 0 Å². The fourth-order valence-electron chi connectivity index (χ4n) is 2.23. The molecule has 0 aliphatic carbocycles. The predicted octanol–water partition coefficient (Wildman–Crippen LogP) is 5.36. The molecular formula is C16H11ClF3N3OS2. The van der Waals surface area contributed by atoms with Gasteiger partial charge in [-0.1, -0.05) is 11.6 Å². The Labute approximate surface area is 158 Å². The van der Waals surface area contributed by atoms with E-state index in [0.29, 0.717) is 16.0 Å². The molecule has 10 heteroatoms. The van der Waals surface area contributed by atoms with Crippen LogP contribution in [-0.4, -0.2) is 20.4 Å². The number of halogens is 4. The highest BCUT2D eigenvalue weighted by Gasteiger charge is 2.34. The van der Waals surface area contributed by atoms with E-state index in [2.05, 4.69) is 15.3 Å². The molecule has 0 bridgehead atoms. The quantitative estimate of drug-likeness (QED) is 0.581. The molecule has 0 radical (unpaired) electrons. The normalized spacial score (nSPS) is 12.8. The van der Waals surface area contributed by atoms with Crippen molar-refractivity contribution in [2.45, 2.75) is 11.1 Å². The molecule has 1 N–H and O–H groups in total. The summed E-state index contributed by atoms with van der Waals surface area (Å²) in [5, 5.41) is 5.35. The summed E-state index contributed by atoms with van der Waals surface area (Å²) in [6, 6.07) is 6.96. The summed E-state index contributed by atoms with van der Waals surface area (Å²) in [6.45, 7) is 0. The van der Waals surface area contributed by atoms with E-state index in [0.717, 1.165) is 11.6 Å². The van der Waals surface area contributed by atoms with Crippen LogP contribution in [0.2, 0.25) is 5.15 Å². The summed E-state index contributed by atoms with van der Waals surface area (Å²) in [5.41, 5.74) is 0.660. The molecule has 0 saturated heterocycles. The van der Waals surface area contributed by atoms with Gasteiger partial charge in [0, 0.05) is 29.1 Å². The average molecular weight is 418 g/mol. The molecule has 0 aliphatic rings. The summed E-state index contributed by atoms with van der Waals surface area (Å²) in [7, 11) is -1.74. The van der Waals surface area contributed by atoms with E-state index in [4.69, 9.17) is 11.6 Å². The number of rotatable bonds is 4. The lowest BCUT2D eigenvalue weighted by Crippen LogP contribution is -2.10. The molecule has 26 heavy (non-hydrogen) atoms. The van der Waals surface area contributed by atoms with Crippen LogP contribution in [0.4, 0.5) is 24.0 Å². The van der Waals surface area contributed by atoms with Crippen molar-refractivity contribution in [1.82, 2.24) is 9.97 Å². The lowest BCUT2D eigenvalue weighted by Gasteiger charge is -2.13. The molecule has 1 atom stereocenters. The first-order chi connectivity index (χ1) is 12.2. The smallest absolute Gasteiger partial charge is 0.332 e. The average Bonchev–Trinajstić information content (AvgIpc) is 3.02. The van der Waals surface area contributed by atoms with Gasteiger partial charge in [0.15, 0.2) is 5.13 Å². The minimum Gasteiger partial charge on any atom is -0.332 e. The first kappa shape index (κ1) is 18.8. The molecule has 3 aromatic rings. The Morgan fingerprint density at radius 2 is 2.00 bits per heavy atom.